The molecule has 1 fully saturated rings. The number of carbonyl (C=O) groups excluding carboxylic acids is 1. The first-order valence-electron chi connectivity index (χ1n) is 8.75. The zero-order valence-electron chi connectivity index (χ0n) is 14.9. The number of halogens is 3. The Balaban J connectivity index is 1.57. The zero-order valence-corrected chi connectivity index (χ0v) is 18.0. The van der Waals surface area contributed by atoms with Gasteiger partial charge in [-0.25, -0.2) is 12.8 Å². The van der Waals surface area contributed by atoms with Gasteiger partial charge in [-0.2, -0.15) is 4.31 Å². The monoisotopic (exact) mass is 488 g/mol. The van der Waals surface area contributed by atoms with Crippen LogP contribution in [-0.4, -0.2) is 31.7 Å². The van der Waals surface area contributed by atoms with Crippen molar-refractivity contribution in [1.82, 2.24) is 9.62 Å². The van der Waals surface area contributed by atoms with Crippen LogP contribution in [0.25, 0.3) is 0 Å². The summed E-state index contributed by atoms with van der Waals surface area (Å²) in [6, 6.07) is 11.0. The summed E-state index contributed by atoms with van der Waals surface area (Å²) in [6.45, 7) is 0.878. The SMILES string of the molecule is O=C(NCc1cccc(Br)c1)C1CCN(S(=O)(=O)c2ccc(F)c(Cl)c2)CC1. The Labute approximate surface area is 177 Å². The predicted octanol–water partition coefficient (Wildman–Crippen LogP) is 3.96. The van der Waals surface area contributed by atoms with E-state index in [9.17, 15) is 17.6 Å². The van der Waals surface area contributed by atoms with Crippen LogP contribution < -0.4 is 5.32 Å². The molecule has 0 saturated carbocycles. The standard InChI is InChI=1S/C19H19BrClFN2O3S/c20-15-3-1-2-13(10-15)12-23-19(25)14-6-8-24(9-7-14)28(26,27)16-4-5-18(22)17(21)11-16/h1-5,10-11,14H,6-9,12H2,(H,23,25). The third-order valence-electron chi connectivity index (χ3n) is 4.71. The van der Waals surface area contributed by atoms with E-state index in [1.807, 2.05) is 24.3 Å². The summed E-state index contributed by atoms with van der Waals surface area (Å²) in [4.78, 5) is 12.4. The Hall–Kier alpha value is -1.48. The number of benzene rings is 2. The molecule has 0 radical (unpaired) electrons. The van der Waals surface area contributed by atoms with Gasteiger partial charge in [0.2, 0.25) is 15.9 Å². The molecule has 28 heavy (non-hydrogen) atoms. The summed E-state index contributed by atoms with van der Waals surface area (Å²) in [6.07, 6.45) is 0.858. The molecule has 0 atom stereocenters. The molecular weight excluding hydrogens is 471 g/mol. The maximum atomic E-state index is 13.3. The minimum Gasteiger partial charge on any atom is -0.352 e. The third-order valence-corrected chi connectivity index (χ3v) is 7.39. The molecule has 0 spiro atoms. The van der Waals surface area contributed by atoms with Gasteiger partial charge in [0.1, 0.15) is 5.82 Å². The molecule has 5 nitrogen and oxygen atoms in total. The van der Waals surface area contributed by atoms with Crippen LogP contribution in [0, 0.1) is 11.7 Å². The quantitative estimate of drug-likeness (QED) is 0.691. The minimum absolute atomic E-state index is 0.0449. The van der Waals surface area contributed by atoms with Crippen LogP contribution in [-0.2, 0) is 21.4 Å². The van der Waals surface area contributed by atoms with Crippen molar-refractivity contribution in [2.75, 3.05) is 13.1 Å². The summed E-state index contributed by atoms with van der Waals surface area (Å²) >= 11 is 9.10. The van der Waals surface area contributed by atoms with Crippen molar-refractivity contribution in [2.24, 2.45) is 5.92 Å². The first-order chi connectivity index (χ1) is 13.3. The largest absolute Gasteiger partial charge is 0.352 e. The molecule has 0 bridgehead atoms. The zero-order chi connectivity index (χ0) is 20.3. The van der Waals surface area contributed by atoms with Crippen molar-refractivity contribution in [3.8, 4) is 0 Å². The number of hydrogen-bond acceptors (Lipinski definition) is 3. The van der Waals surface area contributed by atoms with Crippen LogP contribution in [0.1, 0.15) is 18.4 Å². The van der Waals surface area contributed by atoms with Crippen LogP contribution >= 0.6 is 27.5 Å². The fourth-order valence-electron chi connectivity index (χ4n) is 3.13. The van der Waals surface area contributed by atoms with Crippen LogP contribution in [0.3, 0.4) is 0 Å². The van der Waals surface area contributed by atoms with Gasteiger partial charge in [0.05, 0.1) is 9.92 Å². The highest BCUT2D eigenvalue weighted by Crippen LogP contribution is 2.26. The van der Waals surface area contributed by atoms with Crippen molar-refractivity contribution in [3.63, 3.8) is 0 Å². The average molecular weight is 490 g/mol. The summed E-state index contributed by atoms with van der Waals surface area (Å²) in [5.74, 6) is -0.987. The van der Waals surface area contributed by atoms with Gasteiger partial charge in [0.25, 0.3) is 0 Å². The Morgan fingerprint density at radius 1 is 1.21 bits per heavy atom. The summed E-state index contributed by atoms with van der Waals surface area (Å²) in [5.41, 5.74) is 0.982. The van der Waals surface area contributed by atoms with E-state index in [-0.39, 0.29) is 34.8 Å². The molecule has 150 valence electrons. The van der Waals surface area contributed by atoms with Crippen LogP contribution in [0.2, 0.25) is 5.02 Å². The van der Waals surface area contributed by atoms with E-state index < -0.39 is 15.8 Å². The van der Waals surface area contributed by atoms with Gasteiger partial charge in [-0.3, -0.25) is 4.79 Å². The van der Waals surface area contributed by atoms with E-state index >= 15 is 0 Å². The van der Waals surface area contributed by atoms with Crippen molar-refractivity contribution >= 4 is 43.5 Å². The van der Waals surface area contributed by atoms with Gasteiger partial charge in [-0.05, 0) is 48.7 Å². The van der Waals surface area contributed by atoms with E-state index in [1.54, 1.807) is 0 Å². The van der Waals surface area contributed by atoms with Gasteiger partial charge < -0.3 is 5.32 Å². The lowest BCUT2D eigenvalue weighted by Gasteiger charge is -2.30. The van der Waals surface area contributed by atoms with Crippen molar-refractivity contribution in [1.29, 1.82) is 0 Å². The van der Waals surface area contributed by atoms with Crippen LogP contribution in [0.5, 0.6) is 0 Å². The highest BCUT2D eigenvalue weighted by molar-refractivity contribution is 9.10. The molecule has 0 aliphatic carbocycles. The lowest BCUT2D eigenvalue weighted by molar-refractivity contribution is -0.126. The molecule has 1 amide bonds. The highest BCUT2D eigenvalue weighted by atomic mass is 79.9. The molecule has 2 aromatic carbocycles. The molecule has 0 unspecified atom stereocenters. The Kier molecular flexibility index (Phi) is 6.75. The molecule has 1 N–H and O–H groups in total. The maximum absolute atomic E-state index is 13.3. The average Bonchev–Trinajstić information content (AvgIpc) is 2.68. The minimum atomic E-state index is -3.77. The van der Waals surface area contributed by atoms with Gasteiger partial charge in [-0.1, -0.05) is 39.7 Å². The second kappa shape index (κ2) is 8.90. The highest BCUT2D eigenvalue weighted by Gasteiger charge is 2.32. The fourth-order valence-corrected chi connectivity index (χ4v) is 5.31. The number of amides is 1. The first-order valence-corrected chi connectivity index (χ1v) is 11.4. The third kappa shape index (κ3) is 4.92. The molecule has 0 aromatic heterocycles. The van der Waals surface area contributed by atoms with Crippen molar-refractivity contribution in [3.05, 3.63) is 63.3 Å². The molecule has 3 rings (SSSR count). The number of carbonyl (C=O) groups is 1. The molecule has 1 saturated heterocycles. The summed E-state index contributed by atoms with van der Waals surface area (Å²) in [5, 5.41) is 2.67. The lowest BCUT2D eigenvalue weighted by Crippen LogP contribution is -2.42. The predicted molar refractivity (Wildman–Crippen MR) is 109 cm³/mol. The second-order valence-electron chi connectivity index (χ2n) is 6.60. The number of nitrogens with one attached hydrogen (secondary N) is 1. The second-order valence-corrected chi connectivity index (χ2v) is 9.86. The molecule has 2 aromatic rings. The Bertz CT molecular complexity index is 979. The number of nitrogens with zero attached hydrogens (tertiary/aromatic N) is 1. The van der Waals surface area contributed by atoms with Crippen LogP contribution in [0.4, 0.5) is 4.39 Å². The number of sulfonamides is 1. The lowest BCUT2D eigenvalue weighted by atomic mass is 9.97. The number of piperidine rings is 1. The van der Waals surface area contributed by atoms with Gasteiger partial charge in [-0.15, -0.1) is 0 Å². The maximum Gasteiger partial charge on any atom is 0.243 e. The first kappa shape index (κ1) is 21.2. The Morgan fingerprint density at radius 3 is 2.57 bits per heavy atom. The van der Waals surface area contributed by atoms with E-state index in [0.29, 0.717) is 19.4 Å². The van der Waals surface area contributed by atoms with Gasteiger partial charge in [0.15, 0.2) is 0 Å². The molecule has 1 aliphatic heterocycles. The van der Waals surface area contributed by atoms with E-state index in [1.165, 1.54) is 10.4 Å². The van der Waals surface area contributed by atoms with E-state index in [4.69, 9.17) is 11.6 Å². The topological polar surface area (TPSA) is 66.5 Å². The van der Waals surface area contributed by atoms with Gasteiger partial charge >= 0.3 is 0 Å². The molecule has 9 heteroatoms. The fraction of sp³-hybridized carbons (Fsp3) is 0.316. The molecule has 1 heterocycles. The number of hydrogen-bond donors (Lipinski definition) is 1. The molecular formula is C19H19BrClFN2O3S. The summed E-state index contributed by atoms with van der Waals surface area (Å²) < 4.78 is 41.0. The normalized spacial score (nSPS) is 16.1. The molecule has 1 aliphatic rings. The number of rotatable bonds is 5. The van der Waals surface area contributed by atoms with Gasteiger partial charge in [0, 0.05) is 30.0 Å². The smallest absolute Gasteiger partial charge is 0.243 e. The summed E-state index contributed by atoms with van der Waals surface area (Å²) in [7, 11) is -3.77. The van der Waals surface area contributed by atoms with Crippen molar-refractivity contribution < 1.29 is 17.6 Å². The Morgan fingerprint density at radius 2 is 1.93 bits per heavy atom. The van der Waals surface area contributed by atoms with E-state index in [0.717, 1.165) is 22.2 Å². The van der Waals surface area contributed by atoms with Crippen LogP contribution in [0.15, 0.2) is 51.8 Å². The van der Waals surface area contributed by atoms with E-state index in [2.05, 4.69) is 21.2 Å². The van der Waals surface area contributed by atoms with Crippen molar-refractivity contribution in [2.45, 2.75) is 24.3 Å².